The molecule has 12 heteroatoms. The first-order valence-electron chi connectivity index (χ1n) is 11.7. The Balaban J connectivity index is 1.65. The molecule has 11 nitrogen and oxygen atoms in total. The van der Waals surface area contributed by atoms with Crippen molar-refractivity contribution in [3.05, 3.63) is 47.0 Å². The first kappa shape index (κ1) is 26.9. The number of esters is 1. The van der Waals surface area contributed by atoms with Crippen molar-refractivity contribution in [2.45, 2.75) is 58.3 Å². The third-order valence-electron chi connectivity index (χ3n) is 5.26. The molecular formula is C24H32FN5O6. The number of nitrogens with zero attached hydrogens (tertiary/aromatic N) is 2. The topological polar surface area (TPSA) is 144 Å². The van der Waals surface area contributed by atoms with Crippen molar-refractivity contribution in [2.75, 3.05) is 19.7 Å². The Hall–Kier alpha value is -3.67. The minimum atomic E-state index is -1.04. The first-order valence-corrected chi connectivity index (χ1v) is 11.7. The Bertz CT molecular complexity index is 1100. The van der Waals surface area contributed by atoms with Gasteiger partial charge in [0.1, 0.15) is 11.4 Å². The maximum atomic E-state index is 13.4. The number of urea groups is 1. The van der Waals surface area contributed by atoms with Crippen LogP contribution in [0, 0.1) is 5.82 Å². The normalized spacial score (nSPS) is 15.6. The molecule has 1 unspecified atom stereocenters. The number of aliphatic hydroxyl groups excluding tert-OH is 1. The summed E-state index contributed by atoms with van der Waals surface area (Å²) in [6.45, 7) is 6.77. The van der Waals surface area contributed by atoms with E-state index >= 15 is 0 Å². The third kappa shape index (κ3) is 6.94. The van der Waals surface area contributed by atoms with E-state index < -0.39 is 41.7 Å². The summed E-state index contributed by atoms with van der Waals surface area (Å²) in [4.78, 5) is 36.8. The van der Waals surface area contributed by atoms with E-state index in [0.717, 1.165) is 5.69 Å². The van der Waals surface area contributed by atoms with Crippen LogP contribution in [0.5, 0.6) is 0 Å². The van der Waals surface area contributed by atoms with Crippen LogP contribution >= 0.6 is 0 Å². The number of hydrogen-bond acceptors (Lipinski definition) is 7. The second-order valence-corrected chi connectivity index (χ2v) is 9.30. The molecule has 0 saturated carbocycles. The molecule has 0 radical (unpaired) electrons. The summed E-state index contributed by atoms with van der Waals surface area (Å²) < 4.78 is 25.2. The molecular weight excluding hydrogens is 473 g/mol. The van der Waals surface area contributed by atoms with Crippen molar-refractivity contribution in [2.24, 2.45) is 0 Å². The second kappa shape index (κ2) is 11.4. The van der Waals surface area contributed by atoms with Gasteiger partial charge < -0.3 is 30.5 Å². The maximum absolute atomic E-state index is 13.4. The summed E-state index contributed by atoms with van der Waals surface area (Å²) in [7, 11) is 0. The number of benzene rings is 1. The number of aliphatic hydroxyl groups is 1. The molecule has 36 heavy (non-hydrogen) atoms. The number of nitrogens with one attached hydrogen (secondary N) is 3. The van der Waals surface area contributed by atoms with Crippen LogP contribution in [0.4, 0.5) is 14.0 Å². The van der Waals surface area contributed by atoms with Gasteiger partial charge in [0, 0.05) is 18.7 Å². The lowest BCUT2D eigenvalue weighted by Gasteiger charge is -2.21. The maximum Gasteiger partial charge on any atom is 0.407 e. The third-order valence-corrected chi connectivity index (χ3v) is 5.26. The van der Waals surface area contributed by atoms with E-state index in [9.17, 15) is 23.9 Å². The zero-order chi connectivity index (χ0) is 26.5. The molecule has 1 aliphatic rings. The number of alkyl carbamates (subject to hydrolysis) is 1. The molecule has 1 aromatic carbocycles. The number of rotatable bonds is 8. The van der Waals surface area contributed by atoms with E-state index in [1.165, 1.54) is 12.1 Å². The molecule has 1 aromatic heterocycles. The zero-order valence-corrected chi connectivity index (χ0v) is 20.8. The average molecular weight is 506 g/mol. The molecule has 4 N–H and O–H groups in total. The molecule has 0 spiro atoms. The number of aromatic nitrogens is 2. The van der Waals surface area contributed by atoms with Gasteiger partial charge in [-0.25, -0.2) is 23.5 Å². The Morgan fingerprint density at radius 2 is 1.86 bits per heavy atom. The van der Waals surface area contributed by atoms with E-state index in [4.69, 9.17) is 9.47 Å². The molecule has 2 aromatic rings. The highest BCUT2D eigenvalue weighted by Gasteiger charge is 2.35. The highest BCUT2D eigenvalue weighted by molar-refractivity contribution is 5.90. The highest BCUT2D eigenvalue weighted by atomic mass is 19.1. The smallest absolute Gasteiger partial charge is 0.407 e. The minimum absolute atomic E-state index is 0.0839. The largest absolute Gasteiger partial charge is 0.461 e. The lowest BCUT2D eigenvalue weighted by molar-refractivity contribution is 0.0489. The van der Waals surface area contributed by atoms with Crippen LogP contribution in [0.2, 0.25) is 0 Å². The van der Waals surface area contributed by atoms with E-state index in [0.29, 0.717) is 24.1 Å². The van der Waals surface area contributed by atoms with Crippen molar-refractivity contribution < 1.29 is 33.4 Å². The lowest BCUT2D eigenvalue weighted by Crippen LogP contribution is -2.45. The number of carbonyl (C=O) groups excluding carboxylic acids is 3. The van der Waals surface area contributed by atoms with Crippen LogP contribution in [-0.2, 0) is 15.9 Å². The summed E-state index contributed by atoms with van der Waals surface area (Å²) in [5.74, 6) is -1.01. The number of hydrogen-bond donors (Lipinski definition) is 4. The lowest BCUT2D eigenvalue weighted by atomic mass is 10.1. The van der Waals surface area contributed by atoms with Gasteiger partial charge in [-0.05, 0) is 64.8 Å². The van der Waals surface area contributed by atoms with E-state index in [-0.39, 0.29) is 25.4 Å². The summed E-state index contributed by atoms with van der Waals surface area (Å²) in [6, 6.07) is 4.62. The van der Waals surface area contributed by atoms with E-state index in [1.807, 2.05) is 0 Å². The standard InChI is InChI=1S/C24H32FN5O6/c1-5-35-21(32)20-19-17(10-11-18(19)30(29-20)15-8-6-14(25)7-9-15)28-22(33)26-12-16(31)13-27-23(34)36-24(2,3)4/h6-9,16-17,31H,5,10-13H2,1-4H3,(H,27,34)(H2,26,28,33)/t16-,17?/m0/s1. The van der Waals surface area contributed by atoms with Crippen LogP contribution in [0.25, 0.3) is 5.69 Å². The van der Waals surface area contributed by atoms with Gasteiger partial charge in [0.25, 0.3) is 0 Å². The van der Waals surface area contributed by atoms with Crippen LogP contribution in [0.3, 0.4) is 0 Å². The van der Waals surface area contributed by atoms with Crippen molar-refractivity contribution in [3.63, 3.8) is 0 Å². The van der Waals surface area contributed by atoms with E-state index in [2.05, 4.69) is 21.0 Å². The molecule has 1 heterocycles. The highest BCUT2D eigenvalue weighted by Crippen LogP contribution is 2.35. The summed E-state index contributed by atoms with van der Waals surface area (Å²) in [5, 5.41) is 22.3. The van der Waals surface area contributed by atoms with Gasteiger partial charge in [0.2, 0.25) is 0 Å². The summed E-state index contributed by atoms with van der Waals surface area (Å²) >= 11 is 0. The van der Waals surface area contributed by atoms with E-state index in [1.54, 1.807) is 44.5 Å². The molecule has 0 aliphatic heterocycles. The quantitative estimate of drug-likeness (QED) is 0.403. The fourth-order valence-electron chi connectivity index (χ4n) is 3.79. The van der Waals surface area contributed by atoms with Crippen LogP contribution in [0.1, 0.15) is 61.9 Å². The Kier molecular flexibility index (Phi) is 8.51. The number of carbonyl (C=O) groups is 3. The number of amides is 3. The molecule has 0 bridgehead atoms. The fraction of sp³-hybridized carbons (Fsp3) is 0.500. The Morgan fingerprint density at radius 3 is 2.50 bits per heavy atom. The SMILES string of the molecule is CCOC(=O)c1nn(-c2ccc(F)cc2)c2c1C(NC(=O)NC[C@H](O)CNC(=O)OC(C)(C)C)CC2. The fourth-order valence-corrected chi connectivity index (χ4v) is 3.79. The first-order chi connectivity index (χ1) is 17.0. The minimum Gasteiger partial charge on any atom is -0.461 e. The van der Waals surface area contributed by atoms with Crippen LogP contribution in [0.15, 0.2) is 24.3 Å². The molecule has 1 aliphatic carbocycles. The van der Waals surface area contributed by atoms with Gasteiger partial charge in [0.15, 0.2) is 5.69 Å². The van der Waals surface area contributed by atoms with Gasteiger partial charge in [-0.3, -0.25) is 0 Å². The zero-order valence-electron chi connectivity index (χ0n) is 20.8. The molecule has 3 amide bonds. The van der Waals surface area contributed by atoms with Gasteiger partial charge in [-0.1, -0.05) is 0 Å². The van der Waals surface area contributed by atoms with Crippen molar-refractivity contribution >= 4 is 18.1 Å². The molecule has 0 saturated heterocycles. The van der Waals surface area contributed by atoms with Gasteiger partial charge in [-0.2, -0.15) is 5.10 Å². The van der Waals surface area contributed by atoms with Crippen molar-refractivity contribution in [1.29, 1.82) is 0 Å². The van der Waals surface area contributed by atoms with Crippen molar-refractivity contribution in [1.82, 2.24) is 25.7 Å². The molecule has 2 atom stereocenters. The molecule has 0 fully saturated rings. The van der Waals surface area contributed by atoms with Gasteiger partial charge in [0.05, 0.1) is 30.1 Å². The summed E-state index contributed by atoms with van der Waals surface area (Å²) in [6.07, 6.45) is -0.684. The number of fused-ring (bicyclic) bond motifs is 1. The van der Waals surface area contributed by atoms with Gasteiger partial charge in [-0.15, -0.1) is 0 Å². The Morgan fingerprint density at radius 1 is 1.19 bits per heavy atom. The number of halogens is 1. The molecule has 3 rings (SSSR count). The monoisotopic (exact) mass is 505 g/mol. The predicted molar refractivity (Wildman–Crippen MR) is 127 cm³/mol. The number of ether oxygens (including phenoxy) is 2. The molecule has 196 valence electrons. The Labute approximate surface area is 208 Å². The second-order valence-electron chi connectivity index (χ2n) is 9.30. The van der Waals surface area contributed by atoms with Gasteiger partial charge >= 0.3 is 18.1 Å². The van der Waals surface area contributed by atoms with Crippen LogP contribution < -0.4 is 16.0 Å². The summed E-state index contributed by atoms with van der Waals surface area (Å²) in [5.41, 5.74) is 1.26. The predicted octanol–water partition coefficient (Wildman–Crippen LogP) is 2.36. The van der Waals surface area contributed by atoms with Crippen molar-refractivity contribution in [3.8, 4) is 5.69 Å². The average Bonchev–Trinajstić information content (AvgIpc) is 3.37. The van der Waals surface area contributed by atoms with Crippen LogP contribution in [-0.4, -0.2) is 64.4 Å².